The summed E-state index contributed by atoms with van der Waals surface area (Å²) in [5.41, 5.74) is 0. The smallest absolute Gasteiger partial charge is 0.348 e. The van der Waals surface area contributed by atoms with Gasteiger partial charge >= 0.3 is 5.97 Å². The van der Waals surface area contributed by atoms with Crippen molar-refractivity contribution in [2.75, 3.05) is 7.11 Å². The van der Waals surface area contributed by atoms with Gasteiger partial charge in [0.25, 0.3) is 5.91 Å². The van der Waals surface area contributed by atoms with Gasteiger partial charge in [-0.05, 0) is 30.4 Å². The average Bonchev–Trinajstić information content (AvgIpc) is 3.10. The molecule has 2 saturated carbocycles. The molecule has 0 bridgehead atoms. The monoisotopic (exact) mass is 307 g/mol. The summed E-state index contributed by atoms with van der Waals surface area (Å²) in [6.07, 6.45) is 7.81. The molecule has 0 saturated heterocycles. The lowest BCUT2D eigenvalue weighted by Crippen LogP contribution is -2.27. The molecule has 2 aliphatic rings. The Kier molecular flexibility index (Phi) is 4.29. The molecule has 2 atom stereocenters. The summed E-state index contributed by atoms with van der Waals surface area (Å²) < 4.78 is 4.66. The maximum absolute atomic E-state index is 12.2. The number of carbonyl (C=O) groups excluding carboxylic acids is 2. The molecule has 0 aliphatic heterocycles. The molecule has 114 valence electrons. The number of hydrogen-bond acceptors (Lipinski definition) is 4. The molecule has 5 heteroatoms. The predicted molar refractivity (Wildman–Crippen MR) is 81.6 cm³/mol. The van der Waals surface area contributed by atoms with E-state index in [0.29, 0.717) is 21.7 Å². The molecular formula is C16H21NO3S. The predicted octanol–water partition coefficient (Wildman–Crippen LogP) is 3.23. The van der Waals surface area contributed by atoms with Crippen molar-refractivity contribution < 1.29 is 14.3 Å². The summed E-state index contributed by atoms with van der Waals surface area (Å²) in [5, 5.41) is 3.11. The van der Waals surface area contributed by atoms with E-state index < -0.39 is 0 Å². The number of rotatable bonds is 4. The first kappa shape index (κ1) is 14.6. The van der Waals surface area contributed by atoms with E-state index in [1.165, 1.54) is 50.6 Å². The third kappa shape index (κ3) is 3.28. The highest BCUT2D eigenvalue weighted by molar-refractivity contribution is 7.15. The lowest BCUT2D eigenvalue weighted by molar-refractivity contribution is 0.0606. The van der Waals surface area contributed by atoms with E-state index in [1.54, 1.807) is 12.1 Å². The molecule has 1 amide bonds. The topological polar surface area (TPSA) is 55.4 Å². The van der Waals surface area contributed by atoms with Crippen LogP contribution in [0.25, 0.3) is 0 Å². The Morgan fingerprint density at radius 1 is 1.19 bits per heavy atom. The second kappa shape index (κ2) is 6.18. The maximum atomic E-state index is 12.2. The normalized spacial score (nSPS) is 25.4. The van der Waals surface area contributed by atoms with Gasteiger partial charge in [-0.3, -0.25) is 4.79 Å². The van der Waals surface area contributed by atoms with Gasteiger partial charge in [-0.15, -0.1) is 11.3 Å². The van der Waals surface area contributed by atoms with Crippen molar-refractivity contribution in [3.63, 3.8) is 0 Å². The Balaban J connectivity index is 1.53. The van der Waals surface area contributed by atoms with Crippen molar-refractivity contribution in [1.82, 2.24) is 5.32 Å². The van der Waals surface area contributed by atoms with Crippen LogP contribution < -0.4 is 5.32 Å². The SMILES string of the molecule is COC(=O)c1ccc(C(=O)N[C@@H]2C[C@H]2C2CCCCC2)s1. The lowest BCUT2D eigenvalue weighted by atomic mass is 9.85. The highest BCUT2D eigenvalue weighted by Gasteiger charge is 2.43. The molecule has 1 N–H and O–H groups in total. The van der Waals surface area contributed by atoms with Gasteiger partial charge in [0.15, 0.2) is 0 Å². The fraction of sp³-hybridized carbons (Fsp3) is 0.625. The second-order valence-electron chi connectivity index (χ2n) is 6.03. The summed E-state index contributed by atoms with van der Waals surface area (Å²) >= 11 is 1.19. The Morgan fingerprint density at radius 3 is 2.62 bits per heavy atom. The molecule has 0 radical (unpaired) electrons. The minimum absolute atomic E-state index is 0.0570. The first-order valence-corrected chi connectivity index (χ1v) is 8.49. The zero-order valence-electron chi connectivity index (χ0n) is 12.3. The molecule has 3 rings (SSSR count). The minimum atomic E-state index is -0.384. The Labute approximate surface area is 128 Å². The highest BCUT2D eigenvalue weighted by atomic mass is 32.1. The van der Waals surface area contributed by atoms with Crippen molar-refractivity contribution in [1.29, 1.82) is 0 Å². The highest BCUT2D eigenvalue weighted by Crippen LogP contribution is 2.44. The standard InChI is InChI=1S/C16H21NO3S/c1-20-16(19)14-8-7-13(21-14)15(18)17-12-9-11(12)10-5-3-2-4-6-10/h7-8,10-12H,2-6,9H2,1H3,(H,17,18)/t11-,12+/m0/s1. The van der Waals surface area contributed by atoms with Crippen molar-refractivity contribution >= 4 is 23.2 Å². The molecular weight excluding hydrogens is 286 g/mol. The van der Waals surface area contributed by atoms with Crippen molar-refractivity contribution in [3.05, 3.63) is 21.9 Å². The lowest BCUT2D eigenvalue weighted by Gasteiger charge is -2.21. The Hall–Kier alpha value is -1.36. The van der Waals surface area contributed by atoms with Crippen molar-refractivity contribution in [2.24, 2.45) is 11.8 Å². The molecule has 2 aliphatic carbocycles. The zero-order chi connectivity index (χ0) is 14.8. The van der Waals surface area contributed by atoms with Crippen LogP contribution >= 0.6 is 11.3 Å². The van der Waals surface area contributed by atoms with Crippen LogP contribution in [0.1, 0.15) is 57.9 Å². The summed E-state index contributed by atoms with van der Waals surface area (Å²) in [5.74, 6) is 1.04. The number of esters is 1. The number of nitrogens with one attached hydrogen (secondary N) is 1. The van der Waals surface area contributed by atoms with Gasteiger partial charge in [0, 0.05) is 6.04 Å². The third-order valence-electron chi connectivity index (χ3n) is 4.63. The summed E-state index contributed by atoms with van der Waals surface area (Å²) in [6.45, 7) is 0. The van der Waals surface area contributed by atoms with Gasteiger partial charge < -0.3 is 10.1 Å². The van der Waals surface area contributed by atoms with Gasteiger partial charge in [0.2, 0.25) is 0 Å². The number of ether oxygens (including phenoxy) is 1. The van der Waals surface area contributed by atoms with Crippen LogP contribution in [0.4, 0.5) is 0 Å². The molecule has 4 nitrogen and oxygen atoms in total. The van der Waals surface area contributed by atoms with Gasteiger partial charge in [0.05, 0.1) is 12.0 Å². The zero-order valence-corrected chi connectivity index (χ0v) is 13.1. The van der Waals surface area contributed by atoms with Crippen LogP contribution in [0, 0.1) is 11.8 Å². The summed E-state index contributed by atoms with van der Waals surface area (Å²) in [4.78, 5) is 24.7. The van der Waals surface area contributed by atoms with Crippen LogP contribution in [0.2, 0.25) is 0 Å². The maximum Gasteiger partial charge on any atom is 0.348 e. The summed E-state index contributed by atoms with van der Waals surface area (Å²) in [6, 6.07) is 3.69. The van der Waals surface area contributed by atoms with Gasteiger partial charge in [0.1, 0.15) is 4.88 Å². The molecule has 21 heavy (non-hydrogen) atoms. The van der Waals surface area contributed by atoms with Crippen molar-refractivity contribution in [2.45, 2.75) is 44.6 Å². The van der Waals surface area contributed by atoms with E-state index in [4.69, 9.17) is 0 Å². The quantitative estimate of drug-likeness (QED) is 0.869. The second-order valence-corrected chi connectivity index (χ2v) is 7.12. The van der Waals surface area contributed by atoms with E-state index in [2.05, 4.69) is 10.1 Å². The number of hydrogen-bond donors (Lipinski definition) is 1. The van der Waals surface area contributed by atoms with E-state index in [1.807, 2.05) is 0 Å². The number of thiophene rings is 1. The van der Waals surface area contributed by atoms with Crippen LogP contribution in [-0.2, 0) is 4.74 Å². The van der Waals surface area contributed by atoms with E-state index in [0.717, 1.165) is 12.3 Å². The summed E-state index contributed by atoms with van der Waals surface area (Å²) in [7, 11) is 1.35. The third-order valence-corrected chi connectivity index (χ3v) is 5.69. The van der Waals surface area contributed by atoms with E-state index in [-0.39, 0.29) is 11.9 Å². The van der Waals surface area contributed by atoms with Gasteiger partial charge in [-0.25, -0.2) is 4.79 Å². The molecule has 0 unspecified atom stereocenters. The van der Waals surface area contributed by atoms with E-state index in [9.17, 15) is 9.59 Å². The fourth-order valence-electron chi connectivity index (χ4n) is 3.37. The molecule has 0 spiro atoms. The van der Waals surface area contributed by atoms with Crippen LogP contribution in [0.5, 0.6) is 0 Å². The average molecular weight is 307 g/mol. The number of carbonyl (C=O) groups is 2. The molecule has 0 aromatic carbocycles. The van der Waals surface area contributed by atoms with Gasteiger partial charge in [-0.1, -0.05) is 32.1 Å². The first-order chi connectivity index (χ1) is 10.2. The van der Waals surface area contributed by atoms with Crippen molar-refractivity contribution in [3.8, 4) is 0 Å². The largest absolute Gasteiger partial charge is 0.465 e. The number of amides is 1. The van der Waals surface area contributed by atoms with Crippen LogP contribution in [-0.4, -0.2) is 25.0 Å². The minimum Gasteiger partial charge on any atom is -0.465 e. The van der Waals surface area contributed by atoms with Crippen LogP contribution in [0.15, 0.2) is 12.1 Å². The molecule has 1 aromatic rings. The first-order valence-electron chi connectivity index (χ1n) is 7.68. The molecule has 1 heterocycles. The van der Waals surface area contributed by atoms with Gasteiger partial charge in [-0.2, -0.15) is 0 Å². The number of methoxy groups -OCH3 is 1. The van der Waals surface area contributed by atoms with Crippen LogP contribution in [0.3, 0.4) is 0 Å². The fourth-order valence-corrected chi connectivity index (χ4v) is 4.20. The molecule has 1 aromatic heterocycles. The van der Waals surface area contributed by atoms with E-state index >= 15 is 0 Å². The Bertz CT molecular complexity index is 533. The molecule has 2 fully saturated rings. The Morgan fingerprint density at radius 2 is 1.90 bits per heavy atom.